The molecule has 2 amide bonds. The number of aliphatic imine (C=N–C) groups is 1. The van der Waals surface area contributed by atoms with Crippen LogP contribution in [0.1, 0.15) is 25.5 Å². The van der Waals surface area contributed by atoms with Crippen molar-refractivity contribution >= 4 is 17.7 Å². The fraction of sp³-hybridized carbons (Fsp3) is 0.471. The molecule has 2 aliphatic rings. The van der Waals surface area contributed by atoms with E-state index in [1.54, 1.807) is 25.1 Å². The number of hydrogen-bond donors (Lipinski definition) is 1. The first-order valence-corrected chi connectivity index (χ1v) is 8.09. The minimum absolute atomic E-state index is 0.151. The van der Waals surface area contributed by atoms with Gasteiger partial charge in [-0.05, 0) is 31.5 Å². The van der Waals surface area contributed by atoms with Crippen LogP contribution in [0, 0.1) is 5.92 Å². The van der Waals surface area contributed by atoms with Crippen molar-refractivity contribution in [3.63, 3.8) is 0 Å². The normalized spacial score (nSPS) is 21.5. The molecule has 2 heterocycles. The number of nitrogens with one attached hydrogen (secondary N) is 1. The lowest BCUT2D eigenvalue weighted by molar-refractivity contribution is -0.148. The van der Waals surface area contributed by atoms with E-state index >= 15 is 0 Å². The first-order valence-electron chi connectivity index (χ1n) is 8.09. The van der Waals surface area contributed by atoms with Gasteiger partial charge in [0.15, 0.2) is 11.5 Å². The number of amides is 2. The standard InChI is InChI=1S/C17H20N2O6/c1-3-22-6-7-23-16(20)14-10(2)18-17(21)19-15(14)11-4-5-12-13(8-11)25-9-24-12/h4-5,8,14-15H,3,6-7,9H2,1-2H3,(H,19,21). The smallest absolute Gasteiger partial charge is 0.341 e. The second-order valence-corrected chi connectivity index (χ2v) is 5.64. The third-order valence-corrected chi connectivity index (χ3v) is 4.03. The molecule has 8 nitrogen and oxygen atoms in total. The zero-order valence-electron chi connectivity index (χ0n) is 14.1. The van der Waals surface area contributed by atoms with E-state index in [1.807, 2.05) is 6.92 Å². The Balaban J connectivity index is 1.81. The summed E-state index contributed by atoms with van der Waals surface area (Å²) in [6.45, 7) is 4.69. The highest BCUT2D eigenvalue weighted by molar-refractivity contribution is 6.08. The Morgan fingerprint density at radius 1 is 1.32 bits per heavy atom. The van der Waals surface area contributed by atoms with Crippen LogP contribution >= 0.6 is 0 Å². The molecular weight excluding hydrogens is 328 g/mol. The van der Waals surface area contributed by atoms with E-state index in [-0.39, 0.29) is 13.4 Å². The lowest BCUT2D eigenvalue weighted by atomic mass is 9.88. The van der Waals surface area contributed by atoms with E-state index in [1.165, 1.54) is 0 Å². The van der Waals surface area contributed by atoms with Gasteiger partial charge in [0.1, 0.15) is 12.5 Å². The van der Waals surface area contributed by atoms with E-state index in [2.05, 4.69) is 10.3 Å². The lowest BCUT2D eigenvalue weighted by Gasteiger charge is -2.29. The van der Waals surface area contributed by atoms with Crippen LogP contribution in [-0.2, 0) is 14.3 Å². The fourth-order valence-electron chi connectivity index (χ4n) is 2.84. The molecule has 1 N–H and O–H groups in total. The maximum absolute atomic E-state index is 12.5. The summed E-state index contributed by atoms with van der Waals surface area (Å²) in [4.78, 5) is 28.2. The molecule has 8 heteroatoms. The Morgan fingerprint density at radius 3 is 2.92 bits per heavy atom. The molecule has 0 spiro atoms. The van der Waals surface area contributed by atoms with Crippen LogP contribution in [0.5, 0.6) is 11.5 Å². The monoisotopic (exact) mass is 348 g/mol. The maximum Gasteiger partial charge on any atom is 0.341 e. The zero-order valence-corrected chi connectivity index (χ0v) is 14.1. The number of carbonyl (C=O) groups excluding carboxylic acids is 2. The molecule has 0 radical (unpaired) electrons. The fourth-order valence-corrected chi connectivity index (χ4v) is 2.84. The molecule has 2 atom stereocenters. The molecule has 25 heavy (non-hydrogen) atoms. The van der Waals surface area contributed by atoms with Crippen LogP contribution in [0.4, 0.5) is 4.79 Å². The summed E-state index contributed by atoms with van der Waals surface area (Å²) in [5.74, 6) is 0.0470. The van der Waals surface area contributed by atoms with E-state index in [9.17, 15) is 9.59 Å². The molecule has 0 aromatic heterocycles. The van der Waals surface area contributed by atoms with Crippen LogP contribution in [0.3, 0.4) is 0 Å². The summed E-state index contributed by atoms with van der Waals surface area (Å²) in [5, 5.41) is 2.73. The number of ether oxygens (including phenoxy) is 4. The molecule has 1 aromatic carbocycles. The molecule has 134 valence electrons. The van der Waals surface area contributed by atoms with E-state index in [0.717, 1.165) is 5.56 Å². The molecule has 0 saturated carbocycles. The molecule has 0 aliphatic carbocycles. The number of rotatable bonds is 6. The van der Waals surface area contributed by atoms with Crippen molar-refractivity contribution in [2.45, 2.75) is 19.9 Å². The van der Waals surface area contributed by atoms with Gasteiger partial charge >= 0.3 is 12.0 Å². The summed E-state index contributed by atoms with van der Waals surface area (Å²) in [5.41, 5.74) is 1.13. The molecule has 2 unspecified atom stereocenters. The Hall–Kier alpha value is -2.61. The third kappa shape index (κ3) is 3.74. The number of urea groups is 1. The van der Waals surface area contributed by atoms with Gasteiger partial charge in [-0.1, -0.05) is 6.07 Å². The van der Waals surface area contributed by atoms with Crippen molar-refractivity contribution in [2.75, 3.05) is 26.6 Å². The third-order valence-electron chi connectivity index (χ3n) is 4.03. The molecule has 1 aromatic rings. The number of esters is 1. The topological polar surface area (TPSA) is 95.5 Å². The van der Waals surface area contributed by atoms with Crippen LogP contribution in [0.25, 0.3) is 0 Å². The Morgan fingerprint density at radius 2 is 2.12 bits per heavy atom. The van der Waals surface area contributed by atoms with Gasteiger partial charge in [0.25, 0.3) is 0 Å². The Kier molecular flexibility index (Phi) is 5.18. The number of carbonyl (C=O) groups is 2. The van der Waals surface area contributed by atoms with Gasteiger partial charge in [0.2, 0.25) is 6.79 Å². The predicted octanol–water partition coefficient (Wildman–Crippen LogP) is 1.84. The summed E-state index contributed by atoms with van der Waals surface area (Å²) >= 11 is 0. The molecule has 3 rings (SSSR count). The molecule has 2 aliphatic heterocycles. The highest BCUT2D eigenvalue weighted by atomic mass is 16.7. The first kappa shape index (κ1) is 17.2. The lowest BCUT2D eigenvalue weighted by Crippen LogP contribution is -2.44. The zero-order chi connectivity index (χ0) is 17.8. The van der Waals surface area contributed by atoms with E-state index < -0.39 is 24.0 Å². The van der Waals surface area contributed by atoms with Crippen LogP contribution < -0.4 is 14.8 Å². The highest BCUT2D eigenvalue weighted by Crippen LogP contribution is 2.37. The predicted molar refractivity (Wildman–Crippen MR) is 87.9 cm³/mol. The summed E-state index contributed by atoms with van der Waals surface area (Å²) in [7, 11) is 0. The summed E-state index contributed by atoms with van der Waals surface area (Å²) < 4.78 is 21.1. The summed E-state index contributed by atoms with van der Waals surface area (Å²) in [6, 6.07) is 4.23. The van der Waals surface area contributed by atoms with E-state index in [0.29, 0.717) is 30.4 Å². The first-order chi connectivity index (χ1) is 12.1. The van der Waals surface area contributed by atoms with Gasteiger partial charge < -0.3 is 24.3 Å². The summed E-state index contributed by atoms with van der Waals surface area (Å²) in [6.07, 6.45) is 0. The van der Waals surface area contributed by atoms with E-state index in [4.69, 9.17) is 18.9 Å². The number of benzene rings is 1. The molecular formula is C17H20N2O6. The van der Waals surface area contributed by atoms with Crippen molar-refractivity contribution in [2.24, 2.45) is 10.9 Å². The average molecular weight is 348 g/mol. The second-order valence-electron chi connectivity index (χ2n) is 5.64. The van der Waals surface area contributed by atoms with Gasteiger partial charge in [-0.15, -0.1) is 0 Å². The van der Waals surface area contributed by atoms with Gasteiger partial charge in [0.05, 0.1) is 12.6 Å². The van der Waals surface area contributed by atoms with Gasteiger partial charge in [-0.25, -0.2) is 9.79 Å². The number of hydrogen-bond acceptors (Lipinski definition) is 6. The van der Waals surface area contributed by atoms with Crippen LogP contribution in [0.2, 0.25) is 0 Å². The minimum Gasteiger partial charge on any atom is -0.463 e. The molecule has 0 saturated heterocycles. The van der Waals surface area contributed by atoms with Crippen molar-refractivity contribution in [1.82, 2.24) is 5.32 Å². The Bertz CT molecular complexity index is 702. The maximum atomic E-state index is 12.5. The van der Waals surface area contributed by atoms with Crippen molar-refractivity contribution in [1.29, 1.82) is 0 Å². The minimum atomic E-state index is -0.709. The van der Waals surface area contributed by atoms with Gasteiger partial charge in [-0.2, -0.15) is 0 Å². The molecule has 0 fully saturated rings. The van der Waals surface area contributed by atoms with Gasteiger partial charge in [0, 0.05) is 12.3 Å². The number of nitrogens with zero attached hydrogens (tertiary/aromatic N) is 1. The second kappa shape index (κ2) is 7.52. The van der Waals surface area contributed by atoms with Crippen molar-refractivity contribution in [3.8, 4) is 11.5 Å². The molecule has 0 bridgehead atoms. The quantitative estimate of drug-likeness (QED) is 0.622. The SMILES string of the molecule is CCOCCOC(=O)C1C(C)=NC(=O)NC1c1ccc2c(c1)OCO2. The van der Waals surface area contributed by atoms with Crippen molar-refractivity contribution < 1.29 is 28.5 Å². The van der Waals surface area contributed by atoms with Crippen LogP contribution in [0.15, 0.2) is 23.2 Å². The largest absolute Gasteiger partial charge is 0.463 e. The van der Waals surface area contributed by atoms with Crippen LogP contribution in [-0.4, -0.2) is 44.3 Å². The Labute approximate surface area is 145 Å². The average Bonchev–Trinajstić information content (AvgIpc) is 3.05. The van der Waals surface area contributed by atoms with Gasteiger partial charge in [-0.3, -0.25) is 4.79 Å². The number of fused-ring (bicyclic) bond motifs is 1. The van der Waals surface area contributed by atoms with Crippen molar-refractivity contribution in [3.05, 3.63) is 23.8 Å². The highest BCUT2D eigenvalue weighted by Gasteiger charge is 2.38.